The molecule has 22 heavy (non-hydrogen) atoms. The van der Waals surface area contributed by atoms with Crippen LogP contribution in [0.1, 0.15) is 40.0 Å². The van der Waals surface area contributed by atoms with E-state index in [1.165, 1.54) is 6.07 Å². The molecule has 0 spiro atoms. The zero-order chi connectivity index (χ0) is 24.3. The molecule has 0 nitrogen and oxygen atoms in total. The van der Waals surface area contributed by atoms with E-state index in [1.807, 2.05) is 20.8 Å². The van der Waals surface area contributed by atoms with E-state index in [0.717, 1.165) is 5.56 Å². The average molecular weight is 296 g/mol. The number of hydrogen-bond donors (Lipinski definition) is 0. The highest BCUT2D eigenvalue weighted by molar-refractivity contribution is 5.74. The first-order valence-electron chi connectivity index (χ1n) is 12.0. The van der Waals surface area contributed by atoms with E-state index < -0.39 is 41.7 Å². The molecule has 0 aromatic heterocycles. The van der Waals surface area contributed by atoms with Crippen LogP contribution in [0.3, 0.4) is 0 Å². The van der Waals surface area contributed by atoms with Gasteiger partial charge in [-0.2, -0.15) is 0 Å². The van der Waals surface area contributed by atoms with Crippen LogP contribution in [0.5, 0.6) is 0 Å². The van der Waals surface area contributed by atoms with E-state index >= 15 is 0 Å². The van der Waals surface area contributed by atoms with Gasteiger partial charge in [-0.1, -0.05) is 93.3 Å². The van der Waals surface area contributed by atoms with Crippen LogP contribution >= 0.6 is 0 Å². The van der Waals surface area contributed by atoms with E-state index in [9.17, 15) is 0 Å². The van der Waals surface area contributed by atoms with Crippen molar-refractivity contribution in [1.29, 1.82) is 0 Å². The van der Waals surface area contributed by atoms with Crippen LogP contribution < -0.4 is 0 Å². The van der Waals surface area contributed by atoms with Crippen molar-refractivity contribution in [3.05, 3.63) is 84.2 Å². The van der Waals surface area contributed by atoms with Gasteiger partial charge < -0.3 is 0 Å². The number of hydrogen-bond acceptors (Lipinski definition) is 0. The van der Waals surface area contributed by atoms with Gasteiger partial charge >= 0.3 is 0 Å². The topological polar surface area (TPSA) is 0 Å². The van der Waals surface area contributed by atoms with Crippen LogP contribution in [-0.2, 0) is 5.41 Å². The molecule has 110 valence electrons. The second kappa shape index (κ2) is 5.81. The number of benzene rings is 3. The minimum atomic E-state index is -0.499. The number of rotatable bonds is 2. The van der Waals surface area contributed by atoms with E-state index in [0.29, 0.717) is 11.1 Å². The predicted octanol–water partition coefficient (Wildman–Crippen LogP) is 6.32. The average Bonchev–Trinajstić information content (AvgIpc) is 2.73. The fraction of sp³-hybridized carbons (Fsp3) is 0.182. The Morgan fingerprint density at radius 1 is 0.591 bits per heavy atom. The largest absolute Gasteiger partial charge is 0.0629 e. The van der Waals surface area contributed by atoms with Crippen LogP contribution in [0.4, 0.5) is 0 Å². The van der Waals surface area contributed by atoms with E-state index in [4.69, 9.17) is 13.7 Å². The molecule has 0 radical (unpaired) electrons. The third-order valence-corrected chi connectivity index (χ3v) is 3.38. The van der Waals surface area contributed by atoms with Crippen molar-refractivity contribution >= 4 is 0 Å². The van der Waals surface area contributed by atoms with E-state index in [2.05, 4.69) is 0 Å². The Balaban J connectivity index is 2.47. The molecule has 0 N–H and O–H groups in total. The van der Waals surface area contributed by atoms with Gasteiger partial charge in [-0.25, -0.2) is 0 Å². The zero-order valence-corrected chi connectivity index (χ0v) is 12.7. The van der Waals surface area contributed by atoms with Gasteiger partial charge in [0.1, 0.15) is 0 Å². The molecular formula is C22H22. The van der Waals surface area contributed by atoms with Gasteiger partial charge in [-0.15, -0.1) is 0 Å². The first kappa shape index (κ1) is 6.83. The summed E-state index contributed by atoms with van der Waals surface area (Å²) >= 11 is 0. The molecule has 0 saturated heterocycles. The zero-order valence-electron chi connectivity index (χ0n) is 22.7. The fourth-order valence-corrected chi connectivity index (χ4v) is 2.14. The Kier molecular flexibility index (Phi) is 1.80. The van der Waals surface area contributed by atoms with Gasteiger partial charge in [0.15, 0.2) is 0 Å². The Morgan fingerprint density at radius 3 is 1.36 bits per heavy atom. The highest BCUT2D eigenvalue weighted by atomic mass is 14.2. The van der Waals surface area contributed by atoms with E-state index in [-0.39, 0.29) is 35.3 Å². The monoisotopic (exact) mass is 296 g/mol. The normalized spacial score (nSPS) is 17.8. The van der Waals surface area contributed by atoms with Crippen molar-refractivity contribution in [1.82, 2.24) is 0 Å². The molecular weight excluding hydrogens is 264 g/mol. The molecule has 0 heterocycles. The van der Waals surface area contributed by atoms with Gasteiger partial charge in [0, 0.05) is 0 Å². The standard InChI is InChI=1S/C22H22/c1-22(2,3)21-15-19(17-10-6-4-7-11-17)14-20(16-21)18-12-8-5-9-13-18/h4-16H,1-3H3/i4D,5D,6D,7D,8D,9D,10D,11D,12D,13D. The maximum Gasteiger partial charge on any atom is 0.0629 e. The lowest BCUT2D eigenvalue weighted by molar-refractivity contribution is 0.590. The Bertz CT molecular complexity index is 1110. The highest BCUT2D eigenvalue weighted by Gasteiger charge is 2.16. The molecule has 3 aromatic carbocycles. The quantitative estimate of drug-likeness (QED) is 0.519. The lowest BCUT2D eigenvalue weighted by Gasteiger charge is -2.21. The Hall–Kier alpha value is -2.34. The molecule has 0 bridgehead atoms. The summed E-state index contributed by atoms with van der Waals surface area (Å²) in [5.41, 5.74) is 0.924. The molecule has 3 rings (SSSR count). The minimum absolute atomic E-state index is 0.00397. The van der Waals surface area contributed by atoms with Crippen molar-refractivity contribution in [2.24, 2.45) is 0 Å². The summed E-state index contributed by atoms with van der Waals surface area (Å²) in [5.74, 6) is 0. The molecule has 0 heteroatoms. The first-order valence-corrected chi connectivity index (χ1v) is 6.98. The molecule has 0 aliphatic carbocycles. The summed E-state index contributed by atoms with van der Waals surface area (Å²) in [6.45, 7) is 5.79. The maximum atomic E-state index is 8.32. The maximum absolute atomic E-state index is 8.32. The van der Waals surface area contributed by atoms with Crippen LogP contribution in [0.15, 0.2) is 78.6 Å². The van der Waals surface area contributed by atoms with Crippen molar-refractivity contribution in [3.8, 4) is 22.3 Å². The van der Waals surface area contributed by atoms with Gasteiger partial charge in [-0.05, 0) is 39.3 Å². The third kappa shape index (κ3) is 3.12. The van der Waals surface area contributed by atoms with Crippen LogP contribution in [0.25, 0.3) is 22.3 Å². The Labute approximate surface area is 147 Å². The predicted molar refractivity (Wildman–Crippen MR) is 96.0 cm³/mol. The van der Waals surface area contributed by atoms with Gasteiger partial charge in [0.25, 0.3) is 0 Å². The fourth-order valence-electron chi connectivity index (χ4n) is 2.14. The summed E-state index contributed by atoms with van der Waals surface area (Å²) in [4.78, 5) is 0. The van der Waals surface area contributed by atoms with Gasteiger partial charge in [-0.3, -0.25) is 0 Å². The molecule has 0 saturated carbocycles. The van der Waals surface area contributed by atoms with Crippen molar-refractivity contribution in [3.63, 3.8) is 0 Å². The lowest BCUT2D eigenvalue weighted by atomic mass is 9.83. The molecule has 0 aliphatic heterocycles. The summed E-state index contributed by atoms with van der Waals surface area (Å²) in [6.07, 6.45) is 0. The Morgan fingerprint density at radius 2 is 1.00 bits per heavy atom. The van der Waals surface area contributed by atoms with Gasteiger partial charge in [0.05, 0.1) is 13.7 Å². The highest BCUT2D eigenvalue weighted by Crippen LogP contribution is 2.33. The van der Waals surface area contributed by atoms with E-state index in [1.54, 1.807) is 12.1 Å². The summed E-state index contributed by atoms with van der Waals surface area (Å²) in [6, 6.07) is 0.613. The summed E-state index contributed by atoms with van der Waals surface area (Å²) < 4.78 is 80.9. The molecule has 0 amide bonds. The second-order valence-electron chi connectivity index (χ2n) is 6.05. The lowest BCUT2D eigenvalue weighted by Crippen LogP contribution is -2.11. The molecule has 3 aromatic rings. The molecule has 0 atom stereocenters. The van der Waals surface area contributed by atoms with Crippen LogP contribution in [0, 0.1) is 0 Å². The molecule has 0 aliphatic rings. The summed E-state index contributed by atoms with van der Waals surface area (Å²) in [5, 5.41) is 0. The van der Waals surface area contributed by atoms with Crippen molar-refractivity contribution in [2.75, 3.05) is 0 Å². The smallest absolute Gasteiger partial charge is 0.0622 e. The first-order chi connectivity index (χ1) is 14.7. The van der Waals surface area contributed by atoms with Crippen molar-refractivity contribution in [2.45, 2.75) is 26.2 Å². The second-order valence-corrected chi connectivity index (χ2v) is 6.05. The molecule has 0 fully saturated rings. The summed E-state index contributed by atoms with van der Waals surface area (Å²) in [7, 11) is 0. The van der Waals surface area contributed by atoms with Crippen molar-refractivity contribution < 1.29 is 13.7 Å². The van der Waals surface area contributed by atoms with Crippen LogP contribution in [-0.4, -0.2) is 0 Å². The van der Waals surface area contributed by atoms with Crippen LogP contribution in [0.2, 0.25) is 0 Å². The third-order valence-electron chi connectivity index (χ3n) is 3.38. The minimum Gasteiger partial charge on any atom is -0.0622 e. The molecule has 0 unspecified atom stereocenters. The van der Waals surface area contributed by atoms with Gasteiger partial charge in [0.2, 0.25) is 0 Å². The SMILES string of the molecule is [2H]c1c([2H])c([2H])c(-c2cc(-c3c([2H])c([2H])c([2H])c([2H])c3[2H])cc(C(C)(C)C)c2)c([2H])c1[2H].